The Morgan fingerprint density at radius 1 is 0.960 bits per heavy atom. The summed E-state index contributed by atoms with van der Waals surface area (Å²) in [5.74, 6) is -0.186. The molecule has 25 heavy (non-hydrogen) atoms. The first-order valence-corrected chi connectivity index (χ1v) is 7.86. The molecule has 0 fully saturated rings. The molecule has 0 aliphatic rings. The van der Waals surface area contributed by atoms with Crippen molar-refractivity contribution in [3.8, 4) is 0 Å². The quantitative estimate of drug-likeness (QED) is 0.543. The van der Waals surface area contributed by atoms with E-state index in [9.17, 15) is 9.59 Å². The van der Waals surface area contributed by atoms with E-state index in [4.69, 9.17) is 4.42 Å². The van der Waals surface area contributed by atoms with Crippen LogP contribution in [0.25, 0.3) is 6.08 Å². The molecule has 2 aromatic carbocycles. The van der Waals surface area contributed by atoms with Crippen molar-refractivity contribution in [3.63, 3.8) is 0 Å². The minimum atomic E-state index is -0.330. The summed E-state index contributed by atoms with van der Waals surface area (Å²) in [7, 11) is 0. The third-order valence-corrected chi connectivity index (χ3v) is 3.68. The van der Waals surface area contributed by atoms with Gasteiger partial charge >= 0.3 is 0 Å². The van der Waals surface area contributed by atoms with Gasteiger partial charge in [-0.2, -0.15) is 0 Å². The maximum absolute atomic E-state index is 12.2. The maximum atomic E-state index is 12.2. The first kappa shape index (κ1) is 16.5. The SMILES string of the molecule is Cc1ccc(/C=C/C(=O)c2ccc(NC(=O)c3ccco3)cc2)cc1. The molecule has 3 rings (SSSR count). The van der Waals surface area contributed by atoms with E-state index in [1.807, 2.05) is 31.2 Å². The lowest BCUT2D eigenvalue weighted by molar-refractivity contribution is 0.0996. The van der Waals surface area contributed by atoms with Crippen molar-refractivity contribution in [1.82, 2.24) is 0 Å². The predicted molar refractivity (Wildman–Crippen MR) is 97.6 cm³/mol. The monoisotopic (exact) mass is 331 g/mol. The molecule has 1 heterocycles. The smallest absolute Gasteiger partial charge is 0.291 e. The van der Waals surface area contributed by atoms with Crippen LogP contribution in [0.2, 0.25) is 0 Å². The Morgan fingerprint density at radius 2 is 1.68 bits per heavy atom. The predicted octanol–water partition coefficient (Wildman–Crippen LogP) is 4.74. The van der Waals surface area contributed by atoms with Gasteiger partial charge in [-0.25, -0.2) is 0 Å². The maximum Gasteiger partial charge on any atom is 0.291 e. The first-order valence-electron chi connectivity index (χ1n) is 7.86. The zero-order valence-electron chi connectivity index (χ0n) is 13.7. The van der Waals surface area contributed by atoms with Crippen LogP contribution in [-0.4, -0.2) is 11.7 Å². The highest BCUT2D eigenvalue weighted by molar-refractivity contribution is 6.07. The summed E-state index contributed by atoms with van der Waals surface area (Å²) in [6.07, 6.45) is 4.77. The van der Waals surface area contributed by atoms with Crippen LogP contribution < -0.4 is 5.32 Å². The number of hydrogen-bond acceptors (Lipinski definition) is 3. The van der Waals surface area contributed by atoms with E-state index in [1.165, 1.54) is 11.8 Å². The minimum absolute atomic E-state index is 0.0931. The molecule has 0 saturated carbocycles. The molecule has 0 bridgehead atoms. The average Bonchev–Trinajstić information content (AvgIpc) is 3.16. The van der Waals surface area contributed by atoms with E-state index >= 15 is 0 Å². The first-order chi connectivity index (χ1) is 12.1. The molecular formula is C21H17NO3. The topological polar surface area (TPSA) is 59.3 Å². The van der Waals surface area contributed by atoms with Crippen molar-refractivity contribution < 1.29 is 14.0 Å². The summed E-state index contributed by atoms with van der Waals surface area (Å²) >= 11 is 0. The molecule has 1 amide bonds. The summed E-state index contributed by atoms with van der Waals surface area (Å²) in [6, 6.07) is 17.9. The number of anilines is 1. The lowest BCUT2D eigenvalue weighted by atomic mass is 10.1. The molecule has 3 aromatic rings. The third-order valence-electron chi connectivity index (χ3n) is 3.68. The van der Waals surface area contributed by atoms with Crippen LogP contribution in [-0.2, 0) is 0 Å². The van der Waals surface area contributed by atoms with Crippen LogP contribution in [0, 0.1) is 6.92 Å². The highest BCUT2D eigenvalue weighted by atomic mass is 16.3. The number of furan rings is 1. The highest BCUT2D eigenvalue weighted by Gasteiger charge is 2.09. The highest BCUT2D eigenvalue weighted by Crippen LogP contribution is 2.13. The normalized spacial score (nSPS) is 10.8. The molecule has 0 spiro atoms. The van der Waals surface area contributed by atoms with Gasteiger partial charge in [0.2, 0.25) is 0 Å². The lowest BCUT2D eigenvalue weighted by Gasteiger charge is -2.04. The van der Waals surface area contributed by atoms with Crippen LogP contribution in [0.1, 0.15) is 32.0 Å². The molecule has 0 unspecified atom stereocenters. The Morgan fingerprint density at radius 3 is 2.32 bits per heavy atom. The fraction of sp³-hybridized carbons (Fsp3) is 0.0476. The zero-order chi connectivity index (χ0) is 17.6. The number of allylic oxidation sites excluding steroid dienone is 1. The van der Waals surface area contributed by atoms with Crippen LogP contribution in [0.5, 0.6) is 0 Å². The van der Waals surface area contributed by atoms with Crippen molar-refractivity contribution in [2.24, 2.45) is 0 Å². The molecule has 1 N–H and O–H groups in total. The number of hydrogen-bond donors (Lipinski definition) is 1. The lowest BCUT2D eigenvalue weighted by Crippen LogP contribution is -2.10. The summed E-state index contributed by atoms with van der Waals surface area (Å²) in [5, 5.41) is 2.71. The largest absolute Gasteiger partial charge is 0.459 e. The van der Waals surface area contributed by atoms with Gasteiger partial charge in [-0.1, -0.05) is 35.9 Å². The van der Waals surface area contributed by atoms with E-state index in [2.05, 4.69) is 5.32 Å². The Hall–Kier alpha value is -3.40. The molecule has 4 heteroatoms. The standard InChI is InChI=1S/C21H17NO3/c1-15-4-6-16(7-5-15)8-13-19(23)17-9-11-18(12-10-17)22-21(24)20-3-2-14-25-20/h2-14H,1H3,(H,22,24)/b13-8+. The Bertz CT molecular complexity index is 889. The molecule has 0 radical (unpaired) electrons. The Balaban J connectivity index is 1.64. The molecular weight excluding hydrogens is 314 g/mol. The number of rotatable bonds is 5. The Kier molecular flexibility index (Phi) is 4.90. The number of benzene rings is 2. The van der Waals surface area contributed by atoms with Crippen LogP contribution >= 0.6 is 0 Å². The number of carbonyl (C=O) groups is 2. The van der Waals surface area contributed by atoms with Gasteiger partial charge in [-0.3, -0.25) is 9.59 Å². The fourth-order valence-electron chi connectivity index (χ4n) is 2.26. The second-order valence-corrected chi connectivity index (χ2v) is 5.62. The van der Waals surface area contributed by atoms with Gasteiger partial charge in [0.05, 0.1) is 6.26 Å². The minimum Gasteiger partial charge on any atom is -0.459 e. The number of carbonyl (C=O) groups excluding carboxylic acids is 2. The van der Waals surface area contributed by atoms with E-state index in [0.717, 1.165) is 5.56 Å². The van der Waals surface area contributed by atoms with E-state index < -0.39 is 0 Å². The molecule has 0 aliphatic carbocycles. The van der Waals surface area contributed by atoms with E-state index in [0.29, 0.717) is 11.3 Å². The molecule has 0 saturated heterocycles. The van der Waals surface area contributed by atoms with E-state index in [-0.39, 0.29) is 17.5 Å². The van der Waals surface area contributed by atoms with Crippen molar-refractivity contribution in [2.75, 3.05) is 5.32 Å². The van der Waals surface area contributed by atoms with Gasteiger partial charge in [0, 0.05) is 11.3 Å². The second kappa shape index (κ2) is 7.45. The van der Waals surface area contributed by atoms with Crippen molar-refractivity contribution >= 4 is 23.5 Å². The zero-order valence-corrected chi connectivity index (χ0v) is 13.7. The molecule has 124 valence electrons. The Labute approximate surface area is 145 Å². The number of ketones is 1. The summed E-state index contributed by atoms with van der Waals surface area (Å²) < 4.78 is 5.04. The van der Waals surface area contributed by atoms with Gasteiger partial charge in [0.1, 0.15) is 0 Å². The average molecular weight is 331 g/mol. The molecule has 0 atom stereocenters. The van der Waals surface area contributed by atoms with Gasteiger partial charge < -0.3 is 9.73 Å². The summed E-state index contributed by atoms with van der Waals surface area (Å²) in [5.41, 5.74) is 3.30. The molecule has 0 aliphatic heterocycles. The summed E-state index contributed by atoms with van der Waals surface area (Å²) in [6.45, 7) is 2.02. The number of amides is 1. The van der Waals surface area contributed by atoms with Crippen molar-refractivity contribution in [1.29, 1.82) is 0 Å². The summed E-state index contributed by atoms with van der Waals surface area (Å²) in [4.78, 5) is 24.1. The number of nitrogens with one attached hydrogen (secondary N) is 1. The van der Waals surface area contributed by atoms with Crippen LogP contribution in [0.4, 0.5) is 5.69 Å². The van der Waals surface area contributed by atoms with Gasteiger partial charge in [-0.15, -0.1) is 0 Å². The molecule has 1 aromatic heterocycles. The van der Waals surface area contributed by atoms with Crippen LogP contribution in [0.3, 0.4) is 0 Å². The fourth-order valence-corrected chi connectivity index (χ4v) is 2.26. The van der Waals surface area contributed by atoms with Crippen molar-refractivity contribution in [2.45, 2.75) is 6.92 Å². The van der Waals surface area contributed by atoms with E-state index in [1.54, 1.807) is 48.6 Å². The van der Waals surface area contributed by atoms with Crippen molar-refractivity contribution in [3.05, 3.63) is 95.5 Å². The third kappa shape index (κ3) is 4.32. The van der Waals surface area contributed by atoms with Gasteiger partial charge in [0.15, 0.2) is 11.5 Å². The van der Waals surface area contributed by atoms with Crippen LogP contribution in [0.15, 0.2) is 77.4 Å². The molecule has 4 nitrogen and oxygen atoms in total. The second-order valence-electron chi connectivity index (χ2n) is 5.62. The number of aryl methyl sites for hydroxylation is 1. The van der Waals surface area contributed by atoms with Gasteiger partial charge in [-0.05, 0) is 55.0 Å². The van der Waals surface area contributed by atoms with Gasteiger partial charge in [0.25, 0.3) is 5.91 Å².